The van der Waals surface area contributed by atoms with Gasteiger partial charge in [0.15, 0.2) is 0 Å². The van der Waals surface area contributed by atoms with Crippen LogP contribution in [0.1, 0.15) is 64.6 Å². The van der Waals surface area contributed by atoms with Gasteiger partial charge in [-0.15, -0.1) is 0 Å². The lowest BCUT2D eigenvalue weighted by molar-refractivity contribution is -0.139. The van der Waals surface area contributed by atoms with Crippen molar-refractivity contribution in [2.45, 2.75) is 71.4 Å². The molecule has 1 amide bonds. The molecule has 26 heavy (non-hydrogen) atoms. The summed E-state index contributed by atoms with van der Waals surface area (Å²) in [6.45, 7) is 4.53. The Morgan fingerprint density at radius 2 is 1.88 bits per heavy atom. The molecule has 1 N–H and O–H groups in total. The fraction of sp³-hybridized carbons (Fsp3) is 0.571. The lowest BCUT2D eigenvalue weighted by atomic mass is 9.92. The molecule has 140 valence electrons. The van der Waals surface area contributed by atoms with Crippen LogP contribution in [0.25, 0.3) is 10.9 Å². The predicted octanol–water partition coefficient (Wildman–Crippen LogP) is 4.02. The first-order chi connectivity index (χ1) is 12.6. The number of aromatic nitrogens is 2. The number of para-hydroxylation sites is 1. The molecule has 1 heterocycles. The first kappa shape index (κ1) is 18.6. The number of hydrogen-bond acceptors (Lipinski definition) is 3. The molecule has 0 saturated heterocycles. The molecule has 1 aliphatic rings. The van der Waals surface area contributed by atoms with E-state index in [9.17, 15) is 9.59 Å². The highest BCUT2D eigenvalue weighted by Gasteiger charge is 2.29. The summed E-state index contributed by atoms with van der Waals surface area (Å²) >= 11 is 0. The summed E-state index contributed by atoms with van der Waals surface area (Å²) in [5, 5.41) is 0.590. The highest BCUT2D eigenvalue weighted by molar-refractivity contribution is 5.79. The Morgan fingerprint density at radius 3 is 2.58 bits per heavy atom. The maximum Gasteiger partial charge on any atom is 0.258 e. The molecule has 5 nitrogen and oxygen atoms in total. The highest BCUT2D eigenvalue weighted by atomic mass is 16.2. The zero-order valence-electron chi connectivity index (χ0n) is 15.8. The van der Waals surface area contributed by atoms with Crippen molar-refractivity contribution in [1.82, 2.24) is 14.9 Å². The summed E-state index contributed by atoms with van der Waals surface area (Å²) in [7, 11) is 0. The van der Waals surface area contributed by atoms with Crippen molar-refractivity contribution >= 4 is 16.8 Å². The number of nitrogens with one attached hydrogen (secondary N) is 1. The molecule has 5 heteroatoms. The van der Waals surface area contributed by atoms with Gasteiger partial charge in [-0.3, -0.25) is 9.59 Å². The molecule has 3 rings (SSSR count). The molecule has 2 aromatic rings. The third kappa shape index (κ3) is 3.97. The monoisotopic (exact) mass is 355 g/mol. The summed E-state index contributed by atoms with van der Waals surface area (Å²) in [6, 6.07) is 7.60. The van der Waals surface area contributed by atoms with E-state index >= 15 is 0 Å². The number of aromatic amines is 1. The van der Waals surface area contributed by atoms with Crippen LogP contribution >= 0.6 is 0 Å². The van der Waals surface area contributed by atoms with Crippen molar-refractivity contribution < 1.29 is 4.79 Å². The first-order valence-corrected chi connectivity index (χ1v) is 9.92. The number of nitrogens with zero attached hydrogens (tertiary/aromatic N) is 2. The zero-order chi connectivity index (χ0) is 18.5. The smallest absolute Gasteiger partial charge is 0.258 e. The number of rotatable bonds is 6. The van der Waals surface area contributed by atoms with Gasteiger partial charge in [0, 0.05) is 12.0 Å². The Bertz CT molecular complexity index is 804. The van der Waals surface area contributed by atoms with Crippen LogP contribution < -0.4 is 5.56 Å². The van der Waals surface area contributed by atoms with Crippen molar-refractivity contribution in [2.24, 2.45) is 5.92 Å². The number of H-pyrrole nitrogens is 1. The van der Waals surface area contributed by atoms with E-state index in [4.69, 9.17) is 0 Å². The van der Waals surface area contributed by atoms with E-state index in [0.717, 1.165) is 25.7 Å². The van der Waals surface area contributed by atoms with E-state index in [1.807, 2.05) is 23.1 Å². The molecule has 1 aromatic carbocycles. The van der Waals surface area contributed by atoms with Gasteiger partial charge in [-0.05, 0) is 37.8 Å². The maximum absolute atomic E-state index is 13.2. The largest absolute Gasteiger partial charge is 0.332 e. The van der Waals surface area contributed by atoms with Crippen molar-refractivity contribution in [3.8, 4) is 0 Å². The summed E-state index contributed by atoms with van der Waals surface area (Å²) in [4.78, 5) is 35.0. The SMILES string of the molecule is CCC(CC)C(=O)N(Cc1nc2ccccc2c(=O)[nH]1)C1CCCCC1. The minimum Gasteiger partial charge on any atom is -0.332 e. The summed E-state index contributed by atoms with van der Waals surface area (Å²) in [5.74, 6) is 0.834. The zero-order valence-corrected chi connectivity index (χ0v) is 15.8. The second kappa shape index (κ2) is 8.47. The van der Waals surface area contributed by atoms with E-state index in [1.54, 1.807) is 6.07 Å². The van der Waals surface area contributed by atoms with Crippen LogP contribution in [0.5, 0.6) is 0 Å². The normalized spacial score (nSPS) is 15.5. The lowest BCUT2D eigenvalue weighted by Gasteiger charge is -2.36. The summed E-state index contributed by atoms with van der Waals surface area (Å²) < 4.78 is 0. The first-order valence-electron chi connectivity index (χ1n) is 9.92. The fourth-order valence-electron chi connectivity index (χ4n) is 4.02. The molecule has 0 atom stereocenters. The summed E-state index contributed by atoms with van der Waals surface area (Å²) in [5.41, 5.74) is 0.550. The van der Waals surface area contributed by atoms with E-state index in [2.05, 4.69) is 23.8 Å². The van der Waals surface area contributed by atoms with Crippen LogP contribution in [0, 0.1) is 5.92 Å². The number of carbonyl (C=O) groups is 1. The van der Waals surface area contributed by atoms with Crippen LogP contribution in [0.15, 0.2) is 29.1 Å². The molecular weight excluding hydrogens is 326 g/mol. The van der Waals surface area contributed by atoms with Crippen molar-refractivity contribution in [2.75, 3.05) is 0 Å². The average molecular weight is 355 g/mol. The molecule has 1 fully saturated rings. The van der Waals surface area contributed by atoms with Gasteiger partial charge in [0.1, 0.15) is 5.82 Å². The van der Waals surface area contributed by atoms with E-state index < -0.39 is 0 Å². The van der Waals surface area contributed by atoms with Gasteiger partial charge in [0.05, 0.1) is 17.4 Å². The fourth-order valence-corrected chi connectivity index (χ4v) is 4.02. The maximum atomic E-state index is 13.2. The van der Waals surface area contributed by atoms with Crippen LogP contribution in [0.4, 0.5) is 0 Å². The number of amides is 1. The van der Waals surface area contributed by atoms with Gasteiger partial charge in [-0.1, -0.05) is 45.2 Å². The third-order valence-corrected chi connectivity index (χ3v) is 5.62. The topological polar surface area (TPSA) is 66.1 Å². The summed E-state index contributed by atoms with van der Waals surface area (Å²) in [6.07, 6.45) is 7.36. The van der Waals surface area contributed by atoms with Gasteiger partial charge in [-0.2, -0.15) is 0 Å². The molecule has 0 unspecified atom stereocenters. The van der Waals surface area contributed by atoms with Gasteiger partial charge >= 0.3 is 0 Å². The van der Waals surface area contributed by atoms with Crippen LogP contribution in [-0.2, 0) is 11.3 Å². The number of fused-ring (bicyclic) bond motifs is 1. The second-order valence-electron chi connectivity index (χ2n) is 7.30. The van der Waals surface area contributed by atoms with Crippen molar-refractivity contribution in [3.63, 3.8) is 0 Å². The van der Waals surface area contributed by atoms with Crippen molar-refractivity contribution in [1.29, 1.82) is 0 Å². The Labute approximate surface area is 154 Å². The standard InChI is InChI=1S/C21H29N3O2/c1-3-15(4-2)21(26)24(16-10-6-5-7-11-16)14-19-22-18-13-9-8-12-17(18)20(25)23-19/h8-9,12-13,15-16H,3-7,10-11,14H2,1-2H3,(H,22,23,25). The number of carbonyl (C=O) groups excluding carboxylic acids is 1. The number of hydrogen-bond donors (Lipinski definition) is 1. The molecule has 1 aromatic heterocycles. The van der Waals surface area contributed by atoms with Gasteiger partial charge < -0.3 is 9.88 Å². The van der Waals surface area contributed by atoms with Crippen LogP contribution in [0.3, 0.4) is 0 Å². The average Bonchev–Trinajstić information content (AvgIpc) is 2.67. The number of benzene rings is 1. The van der Waals surface area contributed by atoms with Gasteiger partial charge in [0.2, 0.25) is 5.91 Å². The molecule has 0 aliphatic heterocycles. The van der Waals surface area contributed by atoms with Crippen LogP contribution in [-0.4, -0.2) is 26.8 Å². The van der Waals surface area contributed by atoms with E-state index in [0.29, 0.717) is 23.3 Å². The Hall–Kier alpha value is -2.17. The van der Waals surface area contributed by atoms with E-state index in [-0.39, 0.29) is 23.4 Å². The Morgan fingerprint density at radius 1 is 1.19 bits per heavy atom. The molecule has 0 bridgehead atoms. The van der Waals surface area contributed by atoms with Crippen LogP contribution in [0.2, 0.25) is 0 Å². The van der Waals surface area contributed by atoms with Crippen molar-refractivity contribution in [3.05, 3.63) is 40.4 Å². The molecule has 1 aliphatic carbocycles. The predicted molar refractivity (Wildman–Crippen MR) is 104 cm³/mol. The minimum atomic E-state index is -0.135. The minimum absolute atomic E-state index is 0.0455. The Kier molecular flexibility index (Phi) is 6.07. The molecule has 0 radical (unpaired) electrons. The van der Waals surface area contributed by atoms with Gasteiger partial charge in [0.25, 0.3) is 5.56 Å². The lowest BCUT2D eigenvalue weighted by Crippen LogP contribution is -2.44. The second-order valence-corrected chi connectivity index (χ2v) is 7.30. The molecule has 0 spiro atoms. The van der Waals surface area contributed by atoms with Gasteiger partial charge in [-0.25, -0.2) is 4.98 Å². The highest BCUT2D eigenvalue weighted by Crippen LogP contribution is 2.26. The molecule has 1 saturated carbocycles. The van der Waals surface area contributed by atoms with E-state index in [1.165, 1.54) is 19.3 Å². The Balaban J connectivity index is 1.92. The molecular formula is C21H29N3O2. The third-order valence-electron chi connectivity index (χ3n) is 5.62. The quantitative estimate of drug-likeness (QED) is 0.851.